The van der Waals surface area contributed by atoms with E-state index < -0.39 is 0 Å². The monoisotopic (exact) mass is 293 g/mol. The zero-order valence-electron chi connectivity index (χ0n) is 12.7. The highest BCUT2D eigenvalue weighted by atomic mass is 16.5. The third-order valence-electron chi connectivity index (χ3n) is 3.44. The minimum absolute atomic E-state index is 0.379. The molecule has 0 aliphatic rings. The maximum Gasteiger partial charge on any atom is 0.343 e. The van der Waals surface area contributed by atoms with Crippen molar-refractivity contribution in [3.05, 3.63) is 71.1 Å². The normalized spacial score (nSPS) is 10.0. The summed E-state index contributed by atoms with van der Waals surface area (Å²) in [6.07, 6.45) is 4.65. The highest BCUT2D eigenvalue weighted by molar-refractivity contribution is 5.91. The van der Waals surface area contributed by atoms with Gasteiger partial charge in [0, 0.05) is 0 Å². The number of ether oxygens (including phenoxy) is 1. The third-order valence-corrected chi connectivity index (χ3v) is 3.44. The van der Waals surface area contributed by atoms with Gasteiger partial charge in [0.2, 0.25) is 0 Å². The molecule has 0 fully saturated rings. The van der Waals surface area contributed by atoms with E-state index >= 15 is 0 Å². The van der Waals surface area contributed by atoms with Crippen molar-refractivity contribution in [2.45, 2.75) is 32.6 Å². The fraction of sp³-hybridized carbons (Fsp3) is 0.263. The molecule has 0 saturated carbocycles. The smallest absolute Gasteiger partial charge is 0.343 e. The number of unbranched alkanes of at least 4 members (excludes halogenated alkanes) is 2. The molecular formula is C19H19NO2. The summed E-state index contributed by atoms with van der Waals surface area (Å²) in [7, 11) is 0. The van der Waals surface area contributed by atoms with Gasteiger partial charge in [-0.15, -0.1) is 0 Å². The molecule has 3 nitrogen and oxygen atoms in total. The van der Waals surface area contributed by atoms with Crippen molar-refractivity contribution in [3.8, 4) is 5.75 Å². The van der Waals surface area contributed by atoms with Gasteiger partial charge in [0.15, 0.2) is 5.69 Å². The molecule has 2 rings (SSSR count). The molecule has 0 aliphatic carbocycles. The number of rotatable bonds is 6. The predicted octanol–water partition coefficient (Wildman–Crippen LogP) is 5.19. The summed E-state index contributed by atoms with van der Waals surface area (Å²) in [4.78, 5) is 15.4. The van der Waals surface area contributed by atoms with Crippen LogP contribution in [0.5, 0.6) is 5.75 Å². The first-order valence-electron chi connectivity index (χ1n) is 7.51. The van der Waals surface area contributed by atoms with Gasteiger partial charge in [0.05, 0.1) is 12.1 Å². The number of hydrogen-bond donors (Lipinski definition) is 0. The lowest BCUT2D eigenvalue weighted by Gasteiger charge is -2.06. The van der Waals surface area contributed by atoms with Crippen LogP contribution in [0.1, 0.15) is 42.1 Å². The van der Waals surface area contributed by atoms with E-state index in [1.807, 2.05) is 12.1 Å². The molecule has 0 amide bonds. The van der Waals surface area contributed by atoms with Gasteiger partial charge in [-0.05, 0) is 42.7 Å². The van der Waals surface area contributed by atoms with Crippen LogP contribution in [0.3, 0.4) is 0 Å². The summed E-state index contributed by atoms with van der Waals surface area (Å²) in [5.41, 5.74) is 2.30. The fourth-order valence-corrected chi connectivity index (χ4v) is 2.14. The molecule has 0 spiro atoms. The Kier molecular flexibility index (Phi) is 5.73. The maximum absolute atomic E-state index is 12.1. The fourth-order valence-electron chi connectivity index (χ4n) is 2.14. The average molecular weight is 293 g/mol. The lowest BCUT2D eigenvalue weighted by atomic mass is 10.1. The van der Waals surface area contributed by atoms with E-state index in [4.69, 9.17) is 11.3 Å². The van der Waals surface area contributed by atoms with Crippen LogP contribution in [0, 0.1) is 6.57 Å². The first-order chi connectivity index (χ1) is 10.7. The van der Waals surface area contributed by atoms with Crippen molar-refractivity contribution >= 4 is 11.7 Å². The topological polar surface area (TPSA) is 30.7 Å². The van der Waals surface area contributed by atoms with Crippen molar-refractivity contribution in [3.63, 3.8) is 0 Å². The Hall–Kier alpha value is -2.60. The maximum atomic E-state index is 12.1. The van der Waals surface area contributed by atoms with Gasteiger partial charge in [0.25, 0.3) is 0 Å². The van der Waals surface area contributed by atoms with E-state index in [0.717, 1.165) is 6.42 Å². The summed E-state index contributed by atoms with van der Waals surface area (Å²) in [5.74, 6) is 0.0695. The van der Waals surface area contributed by atoms with Crippen LogP contribution < -0.4 is 4.74 Å². The van der Waals surface area contributed by atoms with E-state index in [1.54, 1.807) is 36.4 Å². The molecular weight excluding hydrogens is 274 g/mol. The van der Waals surface area contributed by atoms with Gasteiger partial charge in [0.1, 0.15) is 5.75 Å². The lowest BCUT2D eigenvalue weighted by molar-refractivity contribution is 0.0735. The second-order valence-electron chi connectivity index (χ2n) is 5.15. The number of carbonyl (C=O) groups excluding carboxylic acids is 1. The Morgan fingerprint density at radius 1 is 1.05 bits per heavy atom. The Labute approximate surface area is 131 Å². The molecule has 3 heteroatoms. The molecule has 0 radical (unpaired) electrons. The van der Waals surface area contributed by atoms with Crippen molar-refractivity contribution in [1.29, 1.82) is 0 Å². The largest absolute Gasteiger partial charge is 0.423 e. The molecule has 0 bridgehead atoms. The third kappa shape index (κ3) is 4.46. The van der Waals surface area contributed by atoms with Gasteiger partial charge in [-0.2, -0.15) is 0 Å². The van der Waals surface area contributed by atoms with E-state index in [9.17, 15) is 4.79 Å². The SMILES string of the molecule is [C-]#[N+]c1ccc(OC(=O)c2ccc(CCCCC)cc2)cc1. The molecule has 2 aromatic rings. The number of aryl methyl sites for hydroxylation is 1. The van der Waals surface area contributed by atoms with E-state index in [1.165, 1.54) is 24.8 Å². The number of benzene rings is 2. The molecule has 0 saturated heterocycles. The highest BCUT2D eigenvalue weighted by Crippen LogP contribution is 2.19. The van der Waals surface area contributed by atoms with Crippen LogP contribution in [0.2, 0.25) is 0 Å². The van der Waals surface area contributed by atoms with Crippen molar-refractivity contribution in [2.24, 2.45) is 0 Å². The Morgan fingerprint density at radius 3 is 2.32 bits per heavy atom. The molecule has 0 unspecified atom stereocenters. The summed E-state index contributed by atoms with van der Waals surface area (Å²) < 4.78 is 5.30. The van der Waals surface area contributed by atoms with E-state index in [-0.39, 0.29) is 5.97 Å². The minimum atomic E-state index is -0.379. The Morgan fingerprint density at radius 2 is 1.73 bits per heavy atom. The summed E-state index contributed by atoms with van der Waals surface area (Å²) in [6, 6.07) is 14.1. The molecule has 2 aromatic carbocycles. The second kappa shape index (κ2) is 7.99. The Balaban J connectivity index is 1.95. The second-order valence-corrected chi connectivity index (χ2v) is 5.15. The number of esters is 1. The standard InChI is InChI=1S/C19H19NO2/c1-3-4-5-6-15-7-9-16(10-8-15)19(21)22-18-13-11-17(20-2)12-14-18/h7-14H,3-6H2,1H3. The average Bonchev–Trinajstić information content (AvgIpc) is 2.56. The van der Waals surface area contributed by atoms with Crippen LogP contribution in [-0.2, 0) is 6.42 Å². The predicted molar refractivity (Wildman–Crippen MR) is 87.3 cm³/mol. The molecule has 0 aromatic heterocycles. The molecule has 22 heavy (non-hydrogen) atoms. The lowest BCUT2D eigenvalue weighted by Crippen LogP contribution is -2.08. The number of carbonyl (C=O) groups is 1. The van der Waals surface area contributed by atoms with Crippen molar-refractivity contribution < 1.29 is 9.53 Å². The van der Waals surface area contributed by atoms with Crippen molar-refractivity contribution in [1.82, 2.24) is 0 Å². The van der Waals surface area contributed by atoms with Crippen LogP contribution in [0.15, 0.2) is 48.5 Å². The molecule has 0 N–H and O–H groups in total. The van der Waals surface area contributed by atoms with Crippen LogP contribution in [0.4, 0.5) is 5.69 Å². The summed E-state index contributed by atoms with van der Waals surface area (Å²) in [5, 5.41) is 0. The van der Waals surface area contributed by atoms with Gasteiger partial charge >= 0.3 is 5.97 Å². The quantitative estimate of drug-likeness (QED) is 0.317. The number of nitrogens with zero attached hydrogens (tertiary/aromatic N) is 1. The van der Waals surface area contributed by atoms with Crippen LogP contribution in [-0.4, -0.2) is 5.97 Å². The van der Waals surface area contributed by atoms with Gasteiger partial charge in [-0.1, -0.05) is 44.0 Å². The molecule has 0 heterocycles. The van der Waals surface area contributed by atoms with Crippen LogP contribution in [0.25, 0.3) is 4.85 Å². The minimum Gasteiger partial charge on any atom is -0.423 e. The Bertz CT molecular complexity index is 651. The molecule has 112 valence electrons. The van der Waals surface area contributed by atoms with E-state index in [2.05, 4.69) is 11.8 Å². The van der Waals surface area contributed by atoms with Crippen molar-refractivity contribution in [2.75, 3.05) is 0 Å². The van der Waals surface area contributed by atoms with E-state index in [0.29, 0.717) is 17.0 Å². The summed E-state index contributed by atoms with van der Waals surface area (Å²) in [6.45, 7) is 9.07. The zero-order chi connectivity index (χ0) is 15.8. The van der Waals surface area contributed by atoms with Gasteiger partial charge in [-0.3, -0.25) is 0 Å². The van der Waals surface area contributed by atoms with Gasteiger partial charge in [-0.25, -0.2) is 9.64 Å². The van der Waals surface area contributed by atoms with Gasteiger partial charge < -0.3 is 4.74 Å². The summed E-state index contributed by atoms with van der Waals surface area (Å²) >= 11 is 0. The molecule has 0 atom stereocenters. The zero-order valence-corrected chi connectivity index (χ0v) is 12.7. The molecule has 0 aliphatic heterocycles. The first-order valence-corrected chi connectivity index (χ1v) is 7.51. The number of hydrogen-bond acceptors (Lipinski definition) is 2. The highest BCUT2D eigenvalue weighted by Gasteiger charge is 2.08. The first kappa shape index (κ1) is 15.8. The van der Waals surface area contributed by atoms with Crippen LogP contribution >= 0.6 is 0 Å².